The lowest BCUT2D eigenvalue weighted by Crippen LogP contribution is -2.44. The molecular weight excluding hydrogens is 266 g/mol. The van der Waals surface area contributed by atoms with Crippen molar-refractivity contribution >= 4 is 0 Å². The maximum Gasteiger partial charge on any atom is 0.123 e. The van der Waals surface area contributed by atoms with E-state index in [2.05, 4.69) is 18.2 Å². The topological polar surface area (TPSA) is 53.7 Å². The molecule has 3 aliphatic rings. The molecule has 114 valence electrons. The first-order valence-electron chi connectivity index (χ1n) is 8.01. The Kier molecular flexibility index (Phi) is 3.40. The monoisotopic (exact) mass is 289 g/mol. The number of nitrogens with two attached hydrogens (primary N) is 1. The number of rotatable bonds is 2. The summed E-state index contributed by atoms with van der Waals surface area (Å²) in [5.74, 6) is 1.03. The molecule has 4 heteroatoms. The molecule has 1 aromatic rings. The zero-order valence-corrected chi connectivity index (χ0v) is 12.3. The van der Waals surface area contributed by atoms with Crippen LogP contribution >= 0.6 is 0 Å². The number of ether oxygens (including phenoxy) is 3. The summed E-state index contributed by atoms with van der Waals surface area (Å²) in [6, 6.07) is 6.46. The van der Waals surface area contributed by atoms with Gasteiger partial charge in [-0.3, -0.25) is 0 Å². The second-order valence-electron chi connectivity index (χ2n) is 6.54. The molecular formula is C17H23NO3. The number of hydrogen-bond acceptors (Lipinski definition) is 4. The van der Waals surface area contributed by atoms with Gasteiger partial charge in [-0.1, -0.05) is 12.1 Å². The molecule has 1 spiro atoms. The average molecular weight is 289 g/mol. The lowest BCUT2D eigenvalue weighted by atomic mass is 9.91. The van der Waals surface area contributed by atoms with E-state index in [1.807, 2.05) is 0 Å². The van der Waals surface area contributed by atoms with Crippen LogP contribution in [0.2, 0.25) is 0 Å². The zero-order valence-electron chi connectivity index (χ0n) is 12.3. The van der Waals surface area contributed by atoms with Crippen molar-refractivity contribution in [1.29, 1.82) is 0 Å². The standard InChI is InChI=1S/C17H23NO3/c18-15-5-4-14-13(15)2-1-3-16(14)21-12-6-8-20-17(10-12)7-9-19-11-17/h1-3,12,15H,4-11,18H2. The van der Waals surface area contributed by atoms with Crippen molar-refractivity contribution in [1.82, 2.24) is 0 Å². The smallest absolute Gasteiger partial charge is 0.123 e. The molecule has 1 aliphatic carbocycles. The third kappa shape index (κ3) is 2.45. The third-order valence-electron chi connectivity index (χ3n) is 5.08. The van der Waals surface area contributed by atoms with Gasteiger partial charge in [0.25, 0.3) is 0 Å². The average Bonchev–Trinajstić information content (AvgIpc) is 3.08. The first-order chi connectivity index (χ1) is 10.3. The van der Waals surface area contributed by atoms with Crippen LogP contribution in [0.3, 0.4) is 0 Å². The molecule has 0 aromatic heterocycles. The predicted molar refractivity (Wildman–Crippen MR) is 79.5 cm³/mol. The minimum absolute atomic E-state index is 0.0999. The third-order valence-corrected chi connectivity index (χ3v) is 5.08. The molecule has 0 bridgehead atoms. The van der Waals surface area contributed by atoms with Crippen LogP contribution in [0.25, 0.3) is 0 Å². The Morgan fingerprint density at radius 1 is 1.24 bits per heavy atom. The SMILES string of the molecule is NC1CCc2c(OC3CCOC4(CCOC4)C3)cccc21. The molecule has 2 N–H and O–H groups in total. The molecule has 4 rings (SSSR count). The van der Waals surface area contributed by atoms with E-state index < -0.39 is 0 Å². The van der Waals surface area contributed by atoms with Crippen LogP contribution in [0.15, 0.2) is 18.2 Å². The molecule has 0 saturated carbocycles. The van der Waals surface area contributed by atoms with Crippen molar-refractivity contribution in [3.05, 3.63) is 29.3 Å². The highest BCUT2D eigenvalue weighted by Crippen LogP contribution is 2.39. The van der Waals surface area contributed by atoms with Crippen molar-refractivity contribution in [3.8, 4) is 5.75 Å². The predicted octanol–water partition coefficient (Wildman–Crippen LogP) is 2.35. The van der Waals surface area contributed by atoms with Crippen molar-refractivity contribution < 1.29 is 14.2 Å². The number of hydrogen-bond donors (Lipinski definition) is 1. The van der Waals surface area contributed by atoms with Gasteiger partial charge in [-0.25, -0.2) is 0 Å². The van der Waals surface area contributed by atoms with Crippen LogP contribution in [0, 0.1) is 0 Å². The molecule has 0 amide bonds. The molecule has 1 aromatic carbocycles. The minimum atomic E-state index is -0.0999. The van der Waals surface area contributed by atoms with Crippen molar-refractivity contribution in [3.63, 3.8) is 0 Å². The van der Waals surface area contributed by atoms with E-state index in [0.29, 0.717) is 6.61 Å². The van der Waals surface area contributed by atoms with E-state index in [0.717, 1.165) is 51.1 Å². The van der Waals surface area contributed by atoms with Crippen LogP contribution in [0.1, 0.15) is 42.9 Å². The van der Waals surface area contributed by atoms with Crippen LogP contribution in [-0.4, -0.2) is 31.5 Å². The highest BCUT2D eigenvalue weighted by atomic mass is 16.6. The molecule has 21 heavy (non-hydrogen) atoms. The van der Waals surface area contributed by atoms with E-state index in [4.69, 9.17) is 19.9 Å². The van der Waals surface area contributed by atoms with E-state index in [-0.39, 0.29) is 17.7 Å². The van der Waals surface area contributed by atoms with Gasteiger partial charge in [0, 0.05) is 31.9 Å². The minimum Gasteiger partial charge on any atom is -0.490 e. The Hall–Kier alpha value is -1.10. The molecule has 0 radical (unpaired) electrons. The normalized spacial score (nSPS) is 35.1. The molecule has 2 heterocycles. The number of benzene rings is 1. The Balaban J connectivity index is 1.51. The summed E-state index contributed by atoms with van der Waals surface area (Å²) in [4.78, 5) is 0. The Morgan fingerprint density at radius 2 is 2.19 bits per heavy atom. The van der Waals surface area contributed by atoms with Gasteiger partial charge in [0.05, 0.1) is 18.8 Å². The van der Waals surface area contributed by atoms with Gasteiger partial charge in [0.15, 0.2) is 0 Å². The quantitative estimate of drug-likeness (QED) is 0.908. The first kappa shape index (κ1) is 13.6. The van der Waals surface area contributed by atoms with Crippen molar-refractivity contribution in [2.45, 2.75) is 49.9 Å². The second-order valence-corrected chi connectivity index (χ2v) is 6.54. The van der Waals surface area contributed by atoms with Crippen molar-refractivity contribution in [2.75, 3.05) is 19.8 Å². The van der Waals surface area contributed by atoms with E-state index in [9.17, 15) is 0 Å². The van der Waals surface area contributed by atoms with Gasteiger partial charge < -0.3 is 19.9 Å². The van der Waals surface area contributed by atoms with Gasteiger partial charge in [0.2, 0.25) is 0 Å². The summed E-state index contributed by atoms with van der Waals surface area (Å²) in [7, 11) is 0. The van der Waals surface area contributed by atoms with E-state index >= 15 is 0 Å². The summed E-state index contributed by atoms with van der Waals surface area (Å²) in [5, 5.41) is 0. The highest BCUT2D eigenvalue weighted by molar-refractivity contribution is 5.45. The van der Waals surface area contributed by atoms with Gasteiger partial charge in [0.1, 0.15) is 11.9 Å². The lowest BCUT2D eigenvalue weighted by Gasteiger charge is -2.37. The maximum atomic E-state index is 6.34. The van der Waals surface area contributed by atoms with Crippen LogP contribution < -0.4 is 10.5 Å². The first-order valence-corrected chi connectivity index (χ1v) is 8.01. The van der Waals surface area contributed by atoms with E-state index in [1.165, 1.54) is 11.1 Å². The maximum absolute atomic E-state index is 6.34. The van der Waals surface area contributed by atoms with Crippen LogP contribution in [0.5, 0.6) is 5.75 Å². The summed E-state index contributed by atoms with van der Waals surface area (Å²) < 4.78 is 17.8. The second kappa shape index (κ2) is 5.27. The Morgan fingerprint density at radius 3 is 3.05 bits per heavy atom. The molecule has 3 atom stereocenters. The Labute approximate surface area is 125 Å². The summed E-state index contributed by atoms with van der Waals surface area (Å²) >= 11 is 0. The fourth-order valence-electron chi connectivity index (χ4n) is 3.89. The molecule has 2 aliphatic heterocycles. The van der Waals surface area contributed by atoms with Crippen LogP contribution in [0.4, 0.5) is 0 Å². The fourth-order valence-corrected chi connectivity index (χ4v) is 3.89. The highest BCUT2D eigenvalue weighted by Gasteiger charge is 2.42. The lowest BCUT2D eigenvalue weighted by molar-refractivity contribution is -0.112. The van der Waals surface area contributed by atoms with E-state index in [1.54, 1.807) is 0 Å². The Bertz CT molecular complexity index is 525. The largest absolute Gasteiger partial charge is 0.490 e. The van der Waals surface area contributed by atoms with Gasteiger partial charge in [-0.2, -0.15) is 0 Å². The molecule has 2 fully saturated rings. The van der Waals surface area contributed by atoms with Gasteiger partial charge >= 0.3 is 0 Å². The van der Waals surface area contributed by atoms with Crippen molar-refractivity contribution in [2.24, 2.45) is 5.73 Å². The summed E-state index contributed by atoms with van der Waals surface area (Å²) in [5.41, 5.74) is 8.63. The van der Waals surface area contributed by atoms with Crippen LogP contribution in [-0.2, 0) is 15.9 Å². The molecule has 2 saturated heterocycles. The van der Waals surface area contributed by atoms with Gasteiger partial charge in [-0.15, -0.1) is 0 Å². The summed E-state index contributed by atoms with van der Waals surface area (Å²) in [6.45, 7) is 2.29. The zero-order chi connectivity index (χ0) is 14.3. The summed E-state index contributed by atoms with van der Waals surface area (Å²) in [6.07, 6.45) is 5.17. The molecule has 3 unspecified atom stereocenters. The molecule has 4 nitrogen and oxygen atoms in total. The van der Waals surface area contributed by atoms with Gasteiger partial charge in [-0.05, 0) is 30.0 Å². The fraction of sp³-hybridized carbons (Fsp3) is 0.647. The number of fused-ring (bicyclic) bond motifs is 1.